The molecule has 1 saturated carbocycles. The molecule has 0 amide bonds. The van der Waals surface area contributed by atoms with Crippen molar-refractivity contribution in [1.82, 2.24) is 10.2 Å². The quantitative estimate of drug-likeness (QED) is 0.736. The highest BCUT2D eigenvalue weighted by atomic mass is 15.1. The normalized spacial score (nSPS) is 33.6. The van der Waals surface area contributed by atoms with E-state index in [9.17, 15) is 0 Å². The molecular formula is C12H24N2. The van der Waals surface area contributed by atoms with Crippen LogP contribution in [0.4, 0.5) is 0 Å². The van der Waals surface area contributed by atoms with Crippen LogP contribution in [-0.4, -0.2) is 37.6 Å². The Bertz CT molecular complexity index is 177. The van der Waals surface area contributed by atoms with Crippen LogP contribution in [0.3, 0.4) is 0 Å². The van der Waals surface area contributed by atoms with Gasteiger partial charge < -0.3 is 10.2 Å². The van der Waals surface area contributed by atoms with Crippen molar-refractivity contribution in [3.8, 4) is 0 Å². The van der Waals surface area contributed by atoms with Crippen molar-refractivity contribution >= 4 is 0 Å². The minimum absolute atomic E-state index is 0.752. The van der Waals surface area contributed by atoms with Crippen LogP contribution in [0.2, 0.25) is 0 Å². The number of likely N-dealkylation sites (N-methyl/N-ethyl adjacent to an activating group) is 1. The highest BCUT2D eigenvalue weighted by Crippen LogP contribution is 2.29. The molecule has 0 aromatic rings. The standard InChI is InChI=1S/C12H24N2/c1-10-5-6-13-12(7-10)9-14(2)8-11-3-4-11/h10-13H,3-9H2,1-2H3. The molecule has 0 radical (unpaired) electrons. The summed E-state index contributed by atoms with van der Waals surface area (Å²) < 4.78 is 0. The van der Waals surface area contributed by atoms with Gasteiger partial charge in [0.15, 0.2) is 0 Å². The van der Waals surface area contributed by atoms with Gasteiger partial charge in [-0.15, -0.1) is 0 Å². The fourth-order valence-electron chi connectivity index (χ4n) is 2.55. The van der Waals surface area contributed by atoms with E-state index in [0.29, 0.717) is 0 Å². The van der Waals surface area contributed by atoms with E-state index in [4.69, 9.17) is 0 Å². The van der Waals surface area contributed by atoms with Gasteiger partial charge in [-0.1, -0.05) is 6.92 Å². The van der Waals surface area contributed by atoms with Crippen LogP contribution in [0, 0.1) is 11.8 Å². The predicted octanol–water partition coefficient (Wildman–Crippen LogP) is 1.72. The summed E-state index contributed by atoms with van der Waals surface area (Å²) in [6, 6.07) is 0.752. The van der Waals surface area contributed by atoms with Crippen LogP contribution in [0.15, 0.2) is 0 Å². The van der Waals surface area contributed by atoms with Crippen LogP contribution in [0.5, 0.6) is 0 Å². The molecule has 1 N–H and O–H groups in total. The molecule has 2 nitrogen and oxygen atoms in total. The molecule has 2 rings (SSSR count). The maximum absolute atomic E-state index is 3.63. The fraction of sp³-hybridized carbons (Fsp3) is 1.00. The zero-order valence-electron chi connectivity index (χ0n) is 9.63. The number of hydrogen-bond acceptors (Lipinski definition) is 2. The van der Waals surface area contributed by atoms with E-state index in [2.05, 4.69) is 24.2 Å². The molecule has 0 aromatic heterocycles. The Labute approximate surface area is 88.1 Å². The summed E-state index contributed by atoms with van der Waals surface area (Å²) in [6.45, 7) is 6.19. The SMILES string of the molecule is CC1CCNC(CN(C)CC2CC2)C1. The molecule has 2 heteroatoms. The molecule has 0 aromatic carbocycles. The van der Waals surface area contributed by atoms with Crippen LogP contribution in [0.1, 0.15) is 32.6 Å². The largest absolute Gasteiger partial charge is 0.313 e. The van der Waals surface area contributed by atoms with Crippen LogP contribution >= 0.6 is 0 Å². The minimum atomic E-state index is 0.752. The van der Waals surface area contributed by atoms with E-state index in [1.54, 1.807) is 0 Å². The summed E-state index contributed by atoms with van der Waals surface area (Å²) in [5, 5.41) is 3.63. The van der Waals surface area contributed by atoms with Gasteiger partial charge in [0.05, 0.1) is 0 Å². The van der Waals surface area contributed by atoms with Crippen molar-refractivity contribution in [3.05, 3.63) is 0 Å². The molecule has 0 bridgehead atoms. The van der Waals surface area contributed by atoms with Gasteiger partial charge in [-0.25, -0.2) is 0 Å². The Morgan fingerprint density at radius 3 is 2.64 bits per heavy atom. The first kappa shape index (κ1) is 10.4. The molecule has 1 aliphatic carbocycles. The third-order valence-corrected chi connectivity index (χ3v) is 3.56. The Kier molecular flexibility index (Phi) is 3.45. The van der Waals surface area contributed by atoms with E-state index in [0.717, 1.165) is 17.9 Å². The summed E-state index contributed by atoms with van der Waals surface area (Å²) in [7, 11) is 2.28. The molecule has 2 fully saturated rings. The first-order chi connectivity index (χ1) is 6.74. The van der Waals surface area contributed by atoms with Crippen molar-refractivity contribution in [3.63, 3.8) is 0 Å². The summed E-state index contributed by atoms with van der Waals surface area (Å²) in [5.41, 5.74) is 0. The second-order valence-corrected chi connectivity index (χ2v) is 5.45. The maximum atomic E-state index is 3.63. The zero-order chi connectivity index (χ0) is 9.97. The van der Waals surface area contributed by atoms with Crippen molar-refractivity contribution < 1.29 is 0 Å². The van der Waals surface area contributed by atoms with Crippen LogP contribution < -0.4 is 5.32 Å². The van der Waals surface area contributed by atoms with Crippen molar-refractivity contribution in [2.45, 2.75) is 38.6 Å². The maximum Gasteiger partial charge on any atom is 0.0197 e. The van der Waals surface area contributed by atoms with Crippen LogP contribution in [-0.2, 0) is 0 Å². The van der Waals surface area contributed by atoms with Crippen LogP contribution in [0.25, 0.3) is 0 Å². The average Bonchev–Trinajstić information content (AvgIpc) is 2.87. The van der Waals surface area contributed by atoms with E-state index in [1.807, 2.05) is 0 Å². The Morgan fingerprint density at radius 2 is 2.00 bits per heavy atom. The monoisotopic (exact) mass is 196 g/mol. The second kappa shape index (κ2) is 4.63. The molecular weight excluding hydrogens is 172 g/mol. The lowest BCUT2D eigenvalue weighted by atomic mass is 9.94. The van der Waals surface area contributed by atoms with Gasteiger partial charge in [0.25, 0.3) is 0 Å². The Balaban J connectivity index is 1.66. The van der Waals surface area contributed by atoms with E-state index in [-0.39, 0.29) is 0 Å². The van der Waals surface area contributed by atoms with Gasteiger partial charge in [0.2, 0.25) is 0 Å². The topological polar surface area (TPSA) is 15.3 Å². The summed E-state index contributed by atoms with van der Waals surface area (Å²) in [5.74, 6) is 1.96. The van der Waals surface area contributed by atoms with Gasteiger partial charge >= 0.3 is 0 Å². The lowest BCUT2D eigenvalue weighted by Crippen LogP contribution is -2.44. The molecule has 2 aliphatic rings. The Hall–Kier alpha value is -0.0800. The minimum Gasteiger partial charge on any atom is -0.313 e. The third-order valence-electron chi connectivity index (χ3n) is 3.56. The number of piperidine rings is 1. The van der Waals surface area contributed by atoms with E-state index >= 15 is 0 Å². The molecule has 2 atom stereocenters. The van der Waals surface area contributed by atoms with Crippen molar-refractivity contribution in [1.29, 1.82) is 0 Å². The molecule has 82 valence electrons. The first-order valence-corrected chi connectivity index (χ1v) is 6.16. The molecule has 2 unspecified atom stereocenters. The Morgan fingerprint density at radius 1 is 1.21 bits per heavy atom. The second-order valence-electron chi connectivity index (χ2n) is 5.45. The highest BCUT2D eigenvalue weighted by molar-refractivity contribution is 4.81. The molecule has 1 heterocycles. The number of nitrogens with one attached hydrogen (secondary N) is 1. The molecule has 0 spiro atoms. The third kappa shape index (κ3) is 3.25. The summed E-state index contributed by atoms with van der Waals surface area (Å²) in [6.07, 6.45) is 5.68. The fourth-order valence-corrected chi connectivity index (χ4v) is 2.55. The zero-order valence-corrected chi connectivity index (χ0v) is 9.63. The van der Waals surface area contributed by atoms with Gasteiger partial charge in [-0.3, -0.25) is 0 Å². The molecule has 1 saturated heterocycles. The van der Waals surface area contributed by atoms with Gasteiger partial charge in [-0.2, -0.15) is 0 Å². The van der Waals surface area contributed by atoms with Gasteiger partial charge in [-0.05, 0) is 51.1 Å². The molecule has 14 heavy (non-hydrogen) atoms. The number of hydrogen-bond donors (Lipinski definition) is 1. The van der Waals surface area contributed by atoms with Gasteiger partial charge in [0.1, 0.15) is 0 Å². The number of rotatable bonds is 4. The first-order valence-electron chi connectivity index (χ1n) is 6.16. The lowest BCUT2D eigenvalue weighted by Gasteiger charge is -2.31. The highest BCUT2D eigenvalue weighted by Gasteiger charge is 2.25. The predicted molar refractivity (Wildman–Crippen MR) is 60.4 cm³/mol. The number of nitrogens with zero attached hydrogens (tertiary/aromatic N) is 1. The van der Waals surface area contributed by atoms with Crippen molar-refractivity contribution in [2.24, 2.45) is 11.8 Å². The summed E-state index contributed by atoms with van der Waals surface area (Å²) >= 11 is 0. The average molecular weight is 196 g/mol. The van der Waals surface area contributed by atoms with Crippen molar-refractivity contribution in [2.75, 3.05) is 26.7 Å². The van der Waals surface area contributed by atoms with Gasteiger partial charge in [0, 0.05) is 19.1 Å². The van der Waals surface area contributed by atoms with E-state index < -0.39 is 0 Å². The van der Waals surface area contributed by atoms with E-state index in [1.165, 1.54) is 45.3 Å². The molecule has 1 aliphatic heterocycles. The lowest BCUT2D eigenvalue weighted by molar-refractivity contribution is 0.230. The smallest absolute Gasteiger partial charge is 0.0197 e. The summed E-state index contributed by atoms with van der Waals surface area (Å²) in [4.78, 5) is 2.52.